The Hall–Kier alpha value is -2.12. The van der Waals surface area contributed by atoms with Gasteiger partial charge in [0.15, 0.2) is 0 Å². The van der Waals surface area contributed by atoms with Crippen molar-refractivity contribution in [1.82, 2.24) is 9.97 Å². The van der Waals surface area contributed by atoms with Crippen LogP contribution in [0.15, 0.2) is 30.5 Å². The quantitative estimate of drug-likeness (QED) is 0.874. The lowest BCUT2D eigenvalue weighted by atomic mass is 9.97. The number of imidazole rings is 1. The van der Waals surface area contributed by atoms with Crippen molar-refractivity contribution in [3.05, 3.63) is 41.9 Å². The van der Waals surface area contributed by atoms with E-state index in [9.17, 15) is 0 Å². The summed E-state index contributed by atoms with van der Waals surface area (Å²) >= 11 is 0. The van der Waals surface area contributed by atoms with Gasteiger partial charge in [-0.25, -0.2) is 4.98 Å². The van der Waals surface area contributed by atoms with E-state index in [1.165, 1.54) is 0 Å². The highest BCUT2D eigenvalue weighted by molar-refractivity contribution is 5.59. The maximum atomic E-state index is 8.81. The van der Waals surface area contributed by atoms with Gasteiger partial charge in [0.05, 0.1) is 23.5 Å². The average molecular weight is 268 g/mol. The summed E-state index contributed by atoms with van der Waals surface area (Å²) in [6.45, 7) is 4.97. The number of nitriles is 1. The van der Waals surface area contributed by atoms with Crippen molar-refractivity contribution in [2.75, 3.05) is 6.54 Å². The summed E-state index contributed by atoms with van der Waals surface area (Å²) in [5.41, 5.74) is 8.50. The number of H-pyrrole nitrogens is 1. The van der Waals surface area contributed by atoms with Crippen molar-refractivity contribution in [3.63, 3.8) is 0 Å². The van der Waals surface area contributed by atoms with E-state index in [0.29, 0.717) is 18.0 Å². The van der Waals surface area contributed by atoms with Crippen LogP contribution in [0.2, 0.25) is 0 Å². The maximum absolute atomic E-state index is 8.81. The minimum Gasteiger partial charge on any atom is -0.342 e. The summed E-state index contributed by atoms with van der Waals surface area (Å²) < 4.78 is 0. The molecule has 0 aliphatic rings. The molecule has 2 aromatic rings. The van der Waals surface area contributed by atoms with Crippen molar-refractivity contribution in [1.29, 1.82) is 5.26 Å². The lowest BCUT2D eigenvalue weighted by Gasteiger charge is -2.14. The van der Waals surface area contributed by atoms with Gasteiger partial charge in [-0.2, -0.15) is 5.26 Å². The Balaban J connectivity index is 2.21. The van der Waals surface area contributed by atoms with Crippen molar-refractivity contribution in [2.45, 2.75) is 26.2 Å². The Morgan fingerprint density at radius 2 is 2.00 bits per heavy atom. The van der Waals surface area contributed by atoms with Crippen LogP contribution in [0.4, 0.5) is 0 Å². The van der Waals surface area contributed by atoms with Gasteiger partial charge in [0, 0.05) is 12.5 Å². The number of nitrogens with two attached hydrogens (primary N) is 1. The standard InChI is InChI=1S/C16H20N4/c1-11(2)7-14(9-18)16-19-10-15(20-16)13-5-3-12(8-17)4-6-13/h3-6,10-11,14H,7,9,18H2,1-2H3,(H,19,20). The van der Waals surface area contributed by atoms with E-state index in [4.69, 9.17) is 11.0 Å². The Bertz CT molecular complexity index is 590. The number of aromatic amines is 1. The van der Waals surface area contributed by atoms with Crippen molar-refractivity contribution in [3.8, 4) is 17.3 Å². The smallest absolute Gasteiger partial charge is 0.110 e. The largest absolute Gasteiger partial charge is 0.342 e. The second-order valence-electron chi connectivity index (χ2n) is 5.43. The van der Waals surface area contributed by atoms with Gasteiger partial charge in [-0.3, -0.25) is 0 Å². The number of nitrogens with one attached hydrogen (secondary N) is 1. The maximum Gasteiger partial charge on any atom is 0.110 e. The average Bonchev–Trinajstić information content (AvgIpc) is 2.94. The van der Waals surface area contributed by atoms with Gasteiger partial charge < -0.3 is 10.7 Å². The zero-order valence-electron chi connectivity index (χ0n) is 11.9. The van der Waals surface area contributed by atoms with Crippen molar-refractivity contribution >= 4 is 0 Å². The third-order valence-electron chi connectivity index (χ3n) is 3.35. The molecule has 1 aromatic heterocycles. The zero-order valence-corrected chi connectivity index (χ0v) is 11.9. The lowest BCUT2D eigenvalue weighted by Crippen LogP contribution is -2.15. The van der Waals surface area contributed by atoms with Gasteiger partial charge in [-0.15, -0.1) is 0 Å². The van der Waals surface area contributed by atoms with Crippen LogP contribution in [0.3, 0.4) is 0 Å². The topological polar surface area (TPSA) is 78.5 Å². The van der Waals surface area contributed by atoms with Crippen LogP contribution in [0.5, 0.6) is 0 Å². The predicted molar refractivity (Wildman–Crippen MR) is 80.0 cm³/mol. The number of benzene rings is 1. The fourth-order valence-electron chi connectivity index (χ4n) is 2.30. The Morgan fingerprint density at radius 3 is 2.55 bits per heavy atom. The van der Waals surface area contributed by atoms with E-state index >= 15 is 0 Å². The molecule has 4 heteroatoms. The summed E-state index contributed by atoms with van der Waals surface area (Å²) in [5, 5.41) is 8.81. The first-order chi connectivity index (χ1) is 9.63. The van der Waals surface area contributed by atoms with Gasteiger partial charge in [0.1, 0.15) is 5.82 Å². The molecule has 3 N–H and O–H groups in total. The molecule has 1 unspecified atom stereocenters. The Labute approximate surface area is 119 Å². The highest BCUT2D eigenvalue weighted by atomic mass is 14.9. The second-order valence-corrected chi connectivity index (χ2v) is 5.43. The van der Waals surface area contributed by atoms with Crippen LogP contribution in [-0.4, -0.2) is 16.5 Å². The molecule has 2 rings (SSSR count). The molecule has 0 bridgehead atoms. The van der Waals surface area contributed by atoms with Crippen LogP contribution in [0.25, 0.3) is 11.3 Å². The number of hydrogen-bond acceptors (Lipinski definition) is 3. The van der Waals surface area contributed by atoms with E-state index in [-0.39, 0.29) is 5.92 Å². The molecular formula is C16H20N4. The molecule has 0 aliphatic carbocycles. The fourth-order valence-corrected chi connectivity index (χ4v) is 2.30. The molecular weight excluding hydrogens is 248 g/mol. The SMILES string of the molecule is CC(C)CC(CN)c1ncc(-c2ccc(C#N)cc2)[nH]1. The summed E-state index contributed by atoms with van der Waals surface area (Å²) in [4.78, 5) is 7.81. The van der Waals surface area contributed by atoms with Gasteiger partial charge in [-0.05, 0) is 30.0 Å². The van der Waals surface area contributed by atoms with E-state index in [1.807, 2.05) is 30.5 Å². The van der Waals surface area contributed by atoms with Gasteiger partial charge in [-0.1, -0.05) is 26.0 Å². The van der Waals surface area contributed by atoms with E-state index in [0.717, 1.165) is 23.5 Å². The summed E-state index contributed by atoms with van der Waals surface area (Å²) in [6.07, 6.45) is 2.86. The van der Waals surface area contributed by atoms with Gasteiger partial charge in [0.2, 0.25) is 0 Å². The lowest BCUT2D eigenvalue weighted by molar-refractivity contribution is 0.490. The van der Waals surface area contributed by atoms with Crippen LogP contribution < -0.4 is 5.73 Å². The van der Waals surface area contributed by atoms with Crippen LogP contribution >= 0.6 is 0 Å². The molecule has 0 amide bonds. The highest BCUT2D eigenvalue weighted by Crippen LogP contribution is 2.24. The van der Waals surface area contributed by atoms with Crippen LogP contribution in [-0.2, 0) is 0 Å². The fraction of sp³-hybridized carbons (Fsp3) is 0.375. The minimum absolute atomic E-state index is 0.266. The number of nitrogens with zero attached hydrogens (tertiary/aromatic N) is 2. The number of aromatic nitrogens is 2. The highest BCUT2D eigenvalue weighted by Gasteiger charge is 2.15. The normalized spacial score (nSPS) is 12.3. The summed E-state index contributed by atoms with van der Waals surface area (Å²) in [6, 6.07) is 9.59. The molecule has 0 radical (unpaired) electrons. The molecule has 0 saturated heterocycles. The van der Waals surface area contributed by atoms with Crippen molar-refractivity contribution in [2.24, 2.45) is 11.7 Å². The molecule has 0 spiro atoms. The molecule has 104 valence electrons. The molecule has 0 aliphatic heterocycles. The second kappa shape index (κ2) is 6.36. The third kappa shape index (κ3) is 3.25. The molecule has 20 heavy (non-hydrogen) atoms. The van der Waals surface area contributed by atoms with Gasteiger partial charge in [0.25, 0.3) is 0 Å². The Kier molecular flexibility index (Phi) is 4.54. The van der Waals surface area contributed by atoms with E-state index in [2.05, 4.69) is 29.9 Å². The minimum atomic E-state index is 0.266. The number of rotatable bonds is 5. The van der Waals surface area contributed by atoms with E-state index < -0.39 is 0 Å². The molecule has 4 nitrogen and oxygen atoms in total. The monoisotopic (exact) mass is 268 g/mol. The molecule has 1 atom stereocenters. The summed E-state index contributed by atoms with van der Waals surface area (Å²) in [5.74, 6) is 1.80. The van der Waals surface area contributed by atoms with Crippen LogP contribution in [0, 0.1) is 17.2 Å². The molecule has 1 heterocycles. The molecule has 0 fully saturated rings. The van der Waals surface area contributed by atoms with Crippen LogP contribution in [0.1, 0.15) is 37.6 Å². The first-order valence-corrected chi connectivity index (χ1v) is 6.89. The third-order valence-corrected chi connectivity index (χ3v) is 3.35. The Morgan fingerprint density at radius 1 is 1.30 bits per heavy atom. The van der Waals surface area contributed by atoms with Gasteiger partial charge >= 0.3 is 0 Å². The van der Waals surface area contributed by atoms with E-state index in [1.54, 1.807) is 0 Å². The first-order valence-electron chi connectivity index (χ1n) is 6.89. The predicted octanol–water partition coefficient (Wildman–Crippen LogP) is 3.04. The summed E-state index contributed by atoms with van der Waals surface area (Å²) in [7, 11) is 0. The number of hydrogen-bond donors (Lipinski definition) is 2. The first kappa shape index (κ1) is 14.3. The molecule has 0 saturated carbocycles. The molecule has 1 aromatic carbocycles. The zero-order chi connectivity index (χ0) is 14.5. The van der Waals surface area contributed by atoms with Crippen molar-refractivity contribution < 1.29 is 0 Å².